The Morgan fingerprint density at radius 1 is 0.723 bits per heavy atom. The van der Waals surface area contributed by atoms with E-state index in [1.807, 2.05) is 0 Å². The van der Waals surface area contributed by atoms with Crippen LogP contribution in [0.5, 0.6) is 0 Å². The van der Waals surface area contributed by atoms with E-state index in [2.05, 4.69) is 132 Å². The number of allylic oxidation sites excluding steroid dienone is 9. The number of benzene rings is 3. The molecule has 0 saturated heterocycles. The number of nitrogens with one attached hydrogen (secondary N) is 2. The lowest BCUT2D eigenvalue weighted by Gasteiger charge is -2.74. The Morgan fingerprint density at radius 3 is 2.47 bits per heavy atom. The molecule has 4 heterocycles. The lowest BCUT2D eigenvalue weighted by atomic mass is 9.29. The van der Waals surface area contributed by atoms with Crippen molar-refractivity contribution in [3.8, 4) is 11.8 Å². The molecule has 18 bridgehead atoms. The minimum absolute atomic E-state index is 0.0170. The summed E-state index contributed by atoms with van der Waals surface area (Å²) in [5, 5.41) is 61.8. The van der Waals surface area contributed by atoms with Gasteiger partial charge in [-0.2, -0.15) is 0 Å². The minimum atomic E-state index is -0.739. The Bertz CT molecular complexity index is 4030. The van der Waals surface area contributed by atoms with Gasteiger partial charge in [0.1, 0.15) is 0 Å². The molecule has 20 atom stereocenters. The first-order chi connectivity index (χ1) is 46.0. The highest BCUT2D eigenvalue weighted by Crippen LogP contribution is 2.86. The number of aliphatic hydroxyl groups excluding tert-OH is 3. The highest BCUT2D eigenvalue weighted by atomic mass is 16.4. The summed E-state index contributed by atoms with van der Waals surface area (Å²) in [5.41, 5.74) is 12.8. The van der Waals surface area contributed by atoms with Gasteiger partial charge >= 0.3 is 5.97 Å². The van der Waals surface area contributed by atoms with Crippen LogP contribution in [-0.4, -0.2) is 51.7 Å². The molecule has 20 unspecified atom stereocenters. The first-order valence-corrected chi connectivity index (χ1v) is 38.4. The van der Waals surface area contributed by atoms with Crippen molar-refractivity contribution in [2.24, 2.45) is 97.6 Å². The molecule has 15 aliphatic carbocycles. The summed E-state index contributed by atoms with van der Waals surface area (Å²) in [4.78, 5) is 15.0. The fourth-order valence-electron chi connectivity index (χ4n) is 28.7. The quantitative estimate of drug-likeness (QED) is 0.0877. The molecule has 0 aromatic heterocycles. The van der Waals surface area contributed by atoms with Crippen LogP contribution in [0.2, 0.25) is 0 Å². The molecule has 22 rings (SSSR count). The van der Waals surface area contributed by atoms with Gasteiger partial charge in [0.25, 0.3) is 0 Å². The van der Waals surface area contributed by atoms with Crippen LogP contribution < -0.4 is 21.1 Å². The molecule has 0 amide bonds. The number of hydrogen-bond donors (Lipinski definition) is 6. The van der Waals surface area contributed by atoms with Crippen LogP contribution in [0.3, 0.4) is 0 Å². The summed E-state index contributed by atoms with van der Waals surface area (Å²) in [6, 6.07) is 28.3. The number of rotatable bonds is 3. The Kier molecular flexibility index (Phi) is 14.0. The maximum atomic E-state index is 15.0. The summed E-state index contributed by atoms with van der Waals surface area (Å²) in [7, 11) is 0. The Morgan fingerprint density at radius 2 is 1.60 bits per heavy atom. The summed E-state index contributed by atoms with van der Waals surface area (Å²) in [5.74, 6) is 11.3. The van der Waals surface area contributed by atoms with E-state index in [-0.39, 0.29) is 51.8 Å². The SMILES string of the molecule is O=C(O)C1CCC(=CO)C(C2CCCCC2)CCCNC2=CC=C(CN2)c2cccc(c2)C2CC#CCC34CC=CC56C=C7C2=c2ccccc2=CC7C(CCC3O)(C2=C(C5)C3(C5CCC7(CC8CC9CCc%10ccccc%10C9CC8C7)C5)C5CCCC3(CC2)C1C5O)C64. The average Bonchev–Trinajstić information content (AvgIpc) is 1.58. The van der Waals surface area contributed by atoms with Crippen LogP contribution in [0.4, 0.5) is 0 Å². The van der Waals surface area contributed by atoms with E-state index >= 15 is 4.79 Å². The zero-order valence-corrected chi connectivity index (χ0v) is 55.7. The van der Waals surface area contributed by atoms with Crippen molar-refractivity contribution in [1.29, 1.82) is 0 Å². The third-order valence-electron chi connectivity index (χ3n) is 31.5. The van der Waals surface area contributed by atoms with Crippen LogP contribution in [0.1, 0.15) is 214 Å². The second-order valence-electron chi connectivity index (χ2n) is 34.6. The van der Waals surface area contributed by atoms with Gasteiger partial charge < -0.3 is 31.1 Å². The fourth-order valence-corrected chi connectivity index (χ4v) is 28.7. The van der Waals surface area contributed by atoms with Crippen molar-refractivity contribution in [1.82, 2.24) is 10.6 Å². The smallest absolute Gasteiger partial charge is 0.306 e. The van der Waals surface area contributed by atoms with Crippen molar-refractivity contribution in [2.45, 2.75) is 210 Å². The number of aliphatic carboxylic acids is 1. The van der Waals surface area contributed by atoms with Crippen LogP contribution >= 0.6 is 0 Å². The van der Waals surface area contributed by atoms with E-state index in [1.54, 1.807) is 22.3 Å². The lowest BCUT2D eigenvalue weighted by Crippen LogP contribution is -2.69. The van der Waals surface area contributed by atoms with Crippen LogP contribution in [-0.2, 0) is 11.2 Å². The van der Waals surface area contributed by atoms with E-state index in [1.165, 1.54) is 122 Å². The Labute approximate surface area is 559 Å². The number of fused-ring (bicyclic) bond motifs is 9. The number of dihydropyridines is 1. The van der Waals surface area contributed by atoms with Gasteiger partial charge in [-0.3, -0.25) is 4.79 Å². The summed E-state index contributed by atoms with van der Waals surface area (Å²) < 4.78 is 0. The lowest BCUT2D eigenvalue weighted by molar-refractivity contribution is -0.174. The molecule has 0 radical (unpaired) electrons. The van der Waals surface area contributed by atoms with E-state index in [4.69, 9.17) is 0 Å². The fraction of sp³-hybridized carbons (Fsp3) is 0.598. The minimum Gasteiger partial charge on any atom is -0.516 e. The highest BCUT2D eigenvalue weighted by Gasteiger charge is 2.81. The van der Waals surface area contributed by atoms with Gasteiger partial charge in [0.05, 0.1) is 30.2 Å². The van der Waals surface area contributed by atoms with Gasteiger partial charge in [-0.15, -0.1) is 11.8 Å². The summed E-state index contributed by atoms with van der Waals surface area (Å²) in [6.45, 7) is 1.53. The molecule has 3 aromatic rings. The molecular weight excluding hydrogens is 1150 g/mol. The van der Waals surface area contributed by atoms with Crippen LogP contribution in [0.15, 0.2) is 138 Å². The molecular formula is C87H102N2O5. The predicted octanol–water partition coefficient (Wildman–Crippen LogP) is 16.0. The largest absolute Gasteiger partial charge is 0.516 e. The molecule has 7 nitrogen and oxygen atoms in total. The maximum absolute atomic E-state index is 15.0. The molecule has 7 fully saturated rings. The first-order valence-electron chi connectivity index (χ1n) is 38.4. The van der Waals surface area contributed by atoms with Crippen molar-refractivity contribution < 1.29 is 25.2 Å². The standard InChI is InChI=1S/C87H102N2O5/c90-52-60-27-29-68(80(93)94)78-79(92)72-24-11-37-85(78)39-32-71-74(87(72,85)63-31-38-82(48-63)46-61-43-58-26-25-54-16-4-6-20-65(54)69(58)44-62(61)47-82)50-83-34-13-36-84-35-9-8-22-66(77-67-21-7-5-17-57(67)45-73(70(77)49-83)86(71,81(83)84)40-33-75(84)91)56-19-10-18-55(42-56)59-28-30-76(89-51-59)88-41-12-23-64(60)53-14-2-1-3-15-53/h4-7,10,13,16-21,28,30,34,42,45,49,52-53,58,61-64,66,68-69,72-73,75,78-79,81,88-92H,1-3,11-12,14-15,22-27,29,31-33,35-41,43-44,46-48,50-51H2,(H,93,94). The van der Waals surface area contributed by atoms with Gasteiger partial charge in [0, 0.05) is 65.3 Å². The number of hydrogen-bond acceptors (Lipinski definition) is 6. The van der Waals surface area contributed by atoms with Crippen molar-refractivity contribution in [2.75, 3.05) is 13.1 Å². The summed E-state index contributed by atoms with van der Waals surface area (Å²) in [6.07, 6.45) is 45.6. The van der Waals surface area contributed by atoms with Gasteiger partial charge in [0.15, 0.2) is 0 Å². The Hall–Kier alpha value is -5.81. The van der Waals surface area contributed by atoms with Gasteiger partial charge in [-0.25, -0.2) is 0 Å². The maximum Gasteiger partial charge on any atom is 0.306 e. The van der Waals surface area contributed by atoms with E-state index in [0.29, 0.717) is 43.4 Å². The van der Waals surface area contributed by atoms with Crippen LogP contribution in [0.25, 0.3) is 17.2 Å². The van der Waals surface area contributed by atoms with E-state index < -0.39 is 40.3 Å². The molecule has 3 aromatic carbocycles. The summed E-state index contributed by atoms with van der Waals surface area (Å²) >= 11 is 0. The second kappa shape index (κ2) is 22.1. The number of carbonyl (C=O) groups is 1. The van der Waals surface area contributed by atoms with Gasteiger partial charge in [0.2, 0.25) is 0 Å². The Balaban J connectivity index is 0.819. The van der Waals surface area contributed by atoms with Gasteiger partial charge in [-0.05, 0) is 273 Å². The van der Waals surface area contributed by atoms with Crippen LogP contribution in [0, 0.1) is 109 Å². The van der Waals surface area contributed by atoms with Crippen molar-refractivity contribution in [3.63, 3.8) is 0 Å². The zero-order chi connectivity index (χ0) is 62.9. The third-order valence-corrected chi connectivity index (χ3v) is 31.5. The number of aryl methyl sites for hydroxylation is 1. The second-order valence-corrected chi connectivity index (χ2v) is 34.6. The third kappa shape index (κ3) is 8.32. The highest BCUT2D eigenvalue weighted by molar-refractivity contribution is 5.80. The monoisotopic (exact) mass is 1250 g/mol. The zero-order valence-electron chi connectivity index (χ0n) is 55.7. The number of carboxylic acid groups (broad SMARTS) is 1. The molecule has 4 aliphatic heterocycles. The topological polar surface area (TPSA) is 122 Å². The molecule has 7 heteroatoms. The molecule has 490 valence electrons. The van der Waals surface area contributed by atoms with Crippen molar-refractivity contribution in [3.05, 3.63) is 170 Å². The first kappa shape index (κ1) is 59.5. The van der Waals surface area contributed by atoms with Gasteiger partial charge in [-0.1, -0.05) is 140 Å². The van der Waals surface area contributed by atoms with E-state index in [9.17, 15) is 20.4 Å². The predicted molar refractivity (Wildman–Crippen MR) is 372 cm³/mol. The molecule has 4 spiro atoms. The number of carboxylic acids is 1. The van der Waals surface area contributed by atoms with E-state index in [0.717, 1.165) is 126 Å². The molecule has 19 aliphatic rings. The van der Waals surface area contributed by atoms with Crippen molar-refractivity contribution >= 4 is 23.2 Å². The normalized spacial score (nSPS) is 44.1. The molecule has 6 N–H and O–H groups in total. The molecule has 7 saturated carbocycles. The molecule has 94 heavy (non-hydrogen) atoms. The number of aliphatic hydroxyl groups is 3. The average molecular weight is 1260 g/mol.